The van der Waals surface area contributed by atoms with E-state index in [1.54, 1.807) is 0 Å². The molecule has 0 saturated carbocycles. The molecule has 1 fully saturated rings. The van der Waals surface area contributed by atoms with Gasteiger partial charge in [0.25, 0.3) is 0 Å². The number of carboxylic acids is 1. The van der Waals surface area contributed by atoms with Gasteiger partial charge in [-0.3, -0.25) is 0 Å². The number of hydrogen-bond acceptors (Lipinski definition) is 6. The Hall–Kier alpha value is -2.99. The predicted octanol–water partition coefficient (Wildman–Crippen LogP) is 2.58. The average molecular weight is 470 g/mol. The number of para-hydroxylation sites is 2. The molecule has 4 rings (SSSR count). The average Bonchev–Trinajstić information content (AvgIpc) is 3.31. The summed E-state index contributed by atoms with van der Waals surface area (Å²) in [5.74, 6) is -1.92. The second kappa shape index (κ2) is 9.65. The van der Waals surface area contributed by atoms with Crippen LogP contribution < -0.4 is 5.32 Å². The molecule has 2 N–H and O–H groups in total. The number of sulfone groups is 1. The number of aromatic nitrogens is 3. The zero-order valence-corrected chi connectivity index (χ0v) is 17.6. The lowest BCUT2D eigenvalue weighted by Crippen LogP contribution is -2.24. The maximum absolute atomic E-state index is 11.6. The van der Waals surface area contributed by atoms with E-state index in [1.165, 1.54) is 0 Å². The van der Waals surface area contributed by atoms with E-state index >= 15 is 0 Å². The van der Waals surface area contributed by atoms with Gasteiger partial charge < -0.3 is 10.4 Å². The molecule has 1 aromatic heterocycles. The number of rotatable bonds is 5. The number of carbonyl (C=O) groups is 1. The minimum atomic E-state index is -5.08. The second-order valence-electron chi connectivity index (χ2n) is 7.32. The fraction of sp³-hybridized carbons (Fsp3) is 0.350. The summed E-state index contributed by atoms with van der Waals surface area (Å²) < 4.78 is 56.7. The van der Waals surface area contributed by atoms with Gasteiger partial charge in [0.15, 0.2) is 9.84 Å². The number of nitrogens with zero attached hydrogens (tertiary/aromatic N) is 3. The molecule has 1 atom stereocenters. The van der Waals surface area contributed by atoms with Crippen LogP contribution in [-0.2, 0) is 21.2 Å². The summed E-state index contributed by atoms with van der Waals surface area (Å²) in [4.78, 5) is 8.90. The van der Waals surface area contributed by atoms with E-state index in [0.717, 1.165) is 28.7 Å². The molecule has 0 bridgehead atoms. The molecule has 1 saturated heterocycles. The second-order valence-corrected chi connectivity index (χ2v) is 9.55. The summed E-state index contributed by atoms with van der Waals surface area (Å²) in [5.41, 5.74) is 3.93. The Balaban J connectivity index is 0.000000360. The van der Waals surface area contributed by atoms with Gasteiger partial charge in [0.05, 0.1) is 22.7 Å². The molecule has 2 heterocycles. The maximum Gasteiger partial charge on any atom is 0.490 e. The zero-order valence-electron chi connectivity index (χ0n) is 16.8. The molecule has 0 radical (unpaired) electrons. The number of fused-ring (bicyclic) bond motifs is 1. The van der Waals surface area contributed by atoms with Crippen LogP contribution in [0.1, 0.15) is 12.0 Å². The highest BCUT2D eigenvalue weighted by molar-refractivity contribution is 7.91. The molecule has 1 unspecified atom stereocenters. The number of carboxylic acid groups (broad SMARTS) is 1. The fourth-order valence-corrected chi connectivity index (χ4v) is 5.22. The molecule has 12 heteroatoms. The first-order valence-electron chi connectivity index (χ1n) is 9.67. The van der Waals surface area contributed by atoms with Crippen LogP contribution in [-0.4, -0.2) is 58.7 Å². The van der Waals surface area contributed by atoms with Gasteiger partial charge >= 0.3 is 12.1 Å². The van der Waals surface area contributed by atoms with Gasteiger partial charge in [0.2, 0.25) is 0 Å². The van der Waals surface area contributed by atoms with E-state index in [2.05, 4.69) is 21.7 Å². The molecule has 8 nitrogen and oxygen atoms in total. The summed E-state index contributed by atoms with van der Waals surface area (Å²) in [6, 6.07) is 15.9. The van der Waals surface area contributed by atoms with Crippen LogP contribution in [0.15, 0.2) is 48.5 Å². The Kier molecular flexibility index (Phi) is 7.14. The Morgan fingerprint density at radius 2 is 1.81 bits per heavy atom. The van der Waals surface area contributed by atoms with Crippen LogP contribution in [0.3, 0.4) is 0 Å². The molecule has 0 spiro atoms. The zero-order chi connectivity index (χ0) is 23.4. The Bertz CT molecular complexity index is 1190. The molecule has 0 aliphatic carbocycles. The molecule has 172 valence electrons. The van der Waals surface area contributed by atoms with Crippen LogP contribution >= 0.6 is 0 Å². The van der Waals surface area contributed by atoms with E-state index in [0.29, 0.717) is 24.6 Å². The number of benzene rings is 2. The van der Waals surface area contributed by atoms with E-state index in [1.807, 2.05) is 47.1 Å². The number of aliphatic carboxylic acids is 1. The SMILES string of the molecule is O=C(O)C(F)(F)F.O=S1(=O)CCC(CNCc2ccccc2-n2nnc3ccccc32)C1. The van der Waals surface area contributed by atoms with Crippen LogP contribution in [0.4, 0.5) is 13.2 Å². The van der Waals surface area contributed by atoms with Crippen LogP contribution in [0.25, 0.3) is 16.7 Å². The molecular weight excluding hydrogens is 449 g/mol. The van der Waals surface area contributed by atoms with Crippen molar-refractivity contribution in [3.63, 3.8) is 0 Å². The fourth-order valence-electron chi connectivity index (χ4n) is 3.36. The van der Waals surface area contributed by atoms with E-state index in [4.69, 9.17) is 9.90 Å². The first-order chi connectivity index (χ1) is 15.1. The van der Waals surface area contributed by atoms with E-state index in [9.17, 15) is 21.6 Å². The highest BCUT2D eigenvalue weighted by Crippen LogP contribution is 2.20. The number of halogens is 3. The van der Waals surface area contributed by atoms with Gasteiger partial charge in [-0.1, -0.05) is 35.5 Å². The largest absolute Gasteiger partial charge is 0.490 e. The van der Waals surface area contributed by atoms with Crippen molar-refractivity contribution >= 4 is 26.8 Å². The maximum atomic E-state index is 11.6. The molecule has 2 aromatic carbocycles. The highest BCUT2D eigenvalue weighted by atomic mass is 32.2. The number of nitrogens with one attached hydrogen (secondary N) is 1. The van der Waals surface area contributed by atoms with Crippen LogP contribution in [0.5, 0.6) is 0 Å². The topological polar surface area (TPSA) is 114 Å². The summed E-state index contributed by atoms with van der Waals surface area (Å²) in [6.07, 6.45) is -4.33. The van der Waals surface area contributed by atoms with Crippen LogP contribution in [0.2, 0.25) is 0 Å². The predicted molar refractivity (Wildman–Crippen MR) is 111 cm³/mol. The quantitative estimate of drug-likeness (QED) is 0.589. The third-order valence-corrected chi connectivity index (χ3v) is 6.73. The summed E-state index contributed by atoms with van der Waals surface area (Å²) in [5, 5.41) is 19.0. The number of alkyl halides is 3. The van der Waals surface area contributed by atoms with Gasteiger partial charge in [0, 0.05) is 6.54 Å². The van der Waals surface area contributed by atoms with Gasteiger partial charge in [0.1, 0.15) is 5.52 Å². The summed E-state index contributed by atoms with van der Waals surface area (Å²) in [6.45, 7) is 1.38. The van der Waals surface area contributed by atoms with Crippen LogP contribution in [0, 0.1) is 5.92 Å². The molecule has 0 amide bonds. The lowest BCUT2D eigenvalue weighted by atomic mass is 10.1. The first kappa shape index (κ1) is 23.7. The first-order valence-corrected chi connectivity index (χ1v) is 11.5. The molecule has 1 aliphatic rings. The Labute approximate surface area is 182 Å². The van der Waals surface area contributed by atoms with Crippen molar-refractivity contribution in [1.82, 2.24) is 20.3 Å². The summed E-state index contributed by atoms with van der Waals surface area (Å²) in [7, 11) is -2.82. The van der Waals surface area contributed by atoms with Crippen molar-refractivity contribution in [2.45, 2.75) is 19.1 Å². The van der Waals surface area contributed by atoms with E-state index in [-0.39, 0.29) is 5.92 Å². The molecule has 32 heavy (non-hydrogen) atoms. The molecular formula is C20H21F3N4O4S. The van der Waals surface area contributed by atoms with Crippen molar-refractivity contribution < 1.29 is 31.5 Å². The van der Waals surface area contributed by atoms with Crippen molar-refractivity contribution in [1.29, 1.82) is 0 Å². The lowest BCUT2D eigenvalue weighted by molar-refractivity contribution is -0.192. The van der Waals surface area contributed by atoms with Crippen molar-refractivity contribution in [2.24, 2.45) is 5.92 Å². The molecule has 3 aromatic rings. The Morgan fingerprint density at radius 1 is 1.16 bits per heavy atom. The lowest BCUT2D eigenvalue weighted by Gasteiger charge is -2.13. The molecule has 1 aliphatic heterocycles. The smallest absolute Gasteiger partial charge is 0.475 e. The monoisotopic (exact) mass is 470 g/mol. The van der Waals surface area contributed by atoms with E-state index < -0.39 is 22.0 Å². The normalized spacial score (nSPS) is 17.7. The summed E-state index contributed by atoms with van der Waals surface area (Å²) >= 11 is 0. The van der Waals surface area contributed by atoms with Crippen molar-refractivity contribution in [3.05, 3.63) is 54.1 Å². The van der Waals surface area contributed by atoms with Crippen molar-refractivity contribution in [3.8, 4) is 5.69 Å². The van der Waals surface area contributed by atoms with Crippen molar-refractivity contribution in [2.75, 3.05) is 18.1 Å². The van der Waals surface area contributed by atoms with Gasteiger partial charge in [-0.2, -0.15) is 13.2 Å². The van der Waals surface area contributed by atoms with Gasteiger partial charge in [-0.25, -0.2) is 17.9 Å². The third-order valence-electron chi connectivity index (χ3n) is 4.89. The van der Waals surface area contributed by atoms with Gasteiger partial charge in [-0.05, 0) is 42.6 Å². The standard InChI is InChI=1S/C18H20N4O2S.C2HF3O2/c23-25(24)10-9-14(13-25)11-19-12-15-5-1-3-7-17(15)22-18-8-4-2-6-16(18)20-21-22;3-2(4,5)1(6)7/h1-8,14,19H,9-13H2;(H,6,7). The van der Waals surface area contributed by atoms with Gasteiger partial charge in [-0.15, -0.1) is 5.10 Å². The Morgan fingerprint density at radius 3 is 2.47 bits per heavy atom. The highest BCUT2D eigenvalue weighted by Gasteiger charge is 2.38. The number of hydrogen-bond donors (Lipinski definition) is 2. The minimum Gasteiger partial charge on any atom is -0.475 e. The third kappa shape index (κ3) is 6.04. The minimum absolute atomic E-state index is 0.212.